The number of hydrogen-bond donors (Lipinski definition) is 0. The van der Waals surface area contributed by atoms with Crippen LogP contribution in [-0.2, 0) is 23.8 Å². The van der Waals surface area contributed by atoms with Gasteiger partial charge in [-0.2, -0.15) is 5.26 Å². The average molecular weight is 307 g/mol. The van der Waals surface area contributed by atoms with Gasteiger partial charge < -0.3 is 14.2 Å². The highest BCUT2D eigenvalue weighted by atomic mass is 16.6. The van der Waals surface area contributed by atoms with Crippen molar-refractivity contribution in [1.29, 1.82) is 5.26 Å². The number of ether oxygens (including phenoxy) is 3. The number of carbonyl (C=O) groups is 2. The minimum Gasteiger partial charge on any atom is -0.457 e. The monoisotopic (exact) mass is 307 g/mol. The molecular weight excluding hydrogens is 286 g/mol. The molecule has 0 amide bonds. The molecule has 22 heavy (non-hydrogen) atoms. The summed E-state index contributed by atoms with van der Waals surface area (Å²) in [6.07, 6.45) is 1.11. The highest BCUT2D eigenvalue weighted by Crippen LogP contribution is 2.61. The van der Waals surface area contributed by atoms with Crippen LogP contribution in [0.3, 0.4) is 0 Å². The summed E-state index contributed by atoms with van der Waals surface area (Å²) >= 11 is 0. The number of fused-ring (bicyclic) bond motifs is 1. The van der Waals surface area contributed by atoms with Gasteiger partial charge in [-0.15, -0.1) is 0 Å². The maximum Gasteiger partial charge on any atom is 0.344 e. The molecule has 2 aliphatic carbocycles. The quantitative estimate of drug-likeness (QED) is 0.733. The second kappa shape index (κ2) is 4.95. The van der Waals surface area contributed by atoms with Crippen LogP contribution in [0.5, 0.6) is 0 Å². The Kier molecular flexibility index (Phi) is 3.44. The van der Waals surface area contributed by atoms with Gasteiger partial charge in [0.1, 0.15) is 6.10 Å². The number of nitrogens with zero attached hydrogens (tertiary/aromatic N) is 1. The lowest BCUT2D eigenvalue weighted by Gasteiger charge is -2.29. The zero-order valence-corrected chi connectivity index (χ0v) is 13.1. The van der Waals surface area contributed by atoms with Crippen molar-refractivity contribution in [2.75, 3.05) is 13.2 Å². The fourth-order valence-corrected chi connectivity index (χ4v) is 3.92. The lowest BCUT2D eigenvalue weighted by Crippen LogP contribution is -2.40. The molecule has 3 aliphatic rings. The van der Waals surface area contributed by atoms with E-state index in [9.17, 15) is 14.9 Å². The van der Waals surface area contributed by atoms with Crippen molar-refractivity contribution in [1.82, 2.24) is 0 Å². The second-order valence-corrected chi connectivity index (χ2v) is 7.63. The summed E-state index contributed by atoms with van der Waals surface area (Å²) in [4.78, 5) is 23.6. The molecule has 5 unspecified atom stereocenters. The molecule has 0 N–H and O–H groups in total. The first kappa shape index (κ1) is 15.3. The molecule has 3 rings (SSSR count). The molecule has 1 heterocycles. The number of carbonyl (C=O) groups excluding carboxylic acids is 2. The fraction of sp³-hybridized carbons (Fsp3) is 0.812. The number of nitriles is 1. The van der Waals surface area contributed by atoms with E-state index in [1.165, 1.54) is 0 Å². The predicted octanol–water partition coefficient (Wildman–Crippen LogP) is 1.44. The Labute approximate surface area is 129 Å². The van der Waals surface area contributed by atoms with Gasteiger partial charge in [-0.05, 0) is 33.6 Å². The molecule has 1 aliphatic heterocycles. The second-order valence-electron chi connectivity index (χ2n) is 7.63. The van der Waals surface area contributed by atoms with Gasteiger partial charge in [0.15, 0.2) is 6.61 Å². The van der Waals surface area contributed by atoms with E-state index in [4.69, 9.17) is 14.2 Å². The molecule has 0 aromatic heterocycles. The Hall–Kier alpha value is -1.61. The zero-order chi connectivity index (χ0) is 16.1. The van der Waals surface area contributed by atoms with E-state index < -0.39 is 17.4 Å². The van der Waals surface area contributed by atoms with Crippen LogP contribution in [-0.4, -0.2) is 37.4 Å². The average Bonchev–Trinajstić information content (AvgIpc) is 3.03. The Bertz CT molecular complexity index is 546. The van der Waals surface area contributed by atoms with Crippen molar-refractivity contribution in [2.45, 2.75) is 45.8 Å². The molecule has 120 valence electrons. The summed E-state index contributed by atoms with van der Waals surface area (Å²) in [5, 5.41) is 9.36. The van der Waals surface area contributed by atoms with Crippen LogP contribution < -0.4 is 0 Å². The highest BCUT2D eigenvalue weighted by Gasteiger charge is 2.66. The van der Waals surface area contributed by atoms with E-state index in [0.29, 0.717) is 6.61 Å². The standard InChI is InChI=1S/C16H21NO5/c1-15(2,3)14(19)20-6-11(18)22-12-9-4-10-13(12)21-8-16(10,5-9)7-17/h9-10,12-13H,4-6,8H2,1-3H3. The molecular formula is C16H21NO5. The fourth-order valence-electron chi connectivity index (χ4n) is 3.92. The van der Waals surface area contributed by atoms with Gasteiger partial charge in [0.2, 0.25) is 0 Å². The van der Waals surface area contributed by atoms with Gasteiger partial charge in [-0.25, -0.2) is 4.79 Å². The van der Waals surface area contributed by atoms with E-state index in [1.54, 1.807) is 20.8 Å². The Balaban J connectivity index is 1.55. The van der Waals surface area contributed by atoms with E-state index >= 15 is 0 Å². The van der Waals surface area contributed by atoms with Crippen LogP contribution >= 0.6 is 0 Å². The molecule has 3 fully saturated rings. The third-order valence-electron chi connectivity index (χ3n) is 5.03. The minimum absolute atomic E-state index is 0.164. The van der Waals surface area contributed by atoms with Crippen LogP contribution in [0.4, 0.5) is 0 Å². The van der Waals surface area contributed by atoms with Crippen LogP contribution in [0, 0.1) is 34.0 Å². The Morgan fingerprint density at radius 1 is 1.41 bits per heavy atom. The van der Waals surface area contributed by atoms with Crippen LogP contribution in [0.25, 0.3) is 0 Å². The van der Waals surface area contributed by atoms with Gasteiger partial charge in [0.25, 0.3) is 0 Å². The molecule has 2 saturated carbocycles. The van der Waals surface area contributed by atoms with Gasteiger partial charge in [0.05, 0.1) is 29.6 Å². The van der Waals surface area contributed by atoms with E-state index in [0.717, 1.165) is 12.8 Å². The summed E-state index contributed by atoms with van der Waals surface area (Å²) < 4.78 is 16.2. The van der Waals surface area contributed by atoms with Crippen molar-refractivity contribution in [3.63, 3.8) is 0 Å². The molecule has 5 atom stereocenters. The van der Waals surface area contributed by atoms with Crippen LogP contribution in [0.15, 0.2) is 0 Å². The smallest absolute Gasteiger partial charge is 0.344 e. The van der Waals surface area contributed by atoms with Crippen LogP contribution in [0.2, 0.25) is 0 Å². The normalized spacial score (nSPS) is 38.6. The first-order valence-electron chi connectivity index (χ1n) is 7.66. The Morgan fingerprint density at radius 2 is 2.14 bits per heavy atom. The molecule has 0 spiro atoms. The van der Waals surface area contributed by atoms with Crippen molar-refractivity contribution in [3.8, 4) is 6.07 Å². The molecule has 6 heteroatoms. The molecule has 0 aromatic carbocycles. The molecule has 6 nitrogen and oxygen atoms in total. The number of esters is 2. The molecule has 0 aromatic rings. The SMILES string of the molecule is CC(C)(C)C(=O)OCC(=O)OC1C2CC3C1OCC3(C#N)C2. The summed E-state index contributed by atoms with van der Waals surface area (Å²) in [6, 6.07) is 2.40. The van der Waals surface area contributed by atoms with Crippen molar-refractivity contribution in [3.05, 3.63) is 0 Å². The minimum atomic E-state index is -0.645. The lowest BCUT2D eigenvalue weighted by atomic mass is 9.75. The summed E-state index contributed by atoms with van der Waals surface area (Å²) in [6.45, 7) is 5.24. The van der Waals surface area contributed by atoms with Gasteiger partial charge in [-0.1, -0.05) is 0 Å². The van der Waals surface area contributed by atoms with Crippen LogP contribution in [0.1, 0.15) is 33.6 Å². The lowest BCUT2D eigenvalue weighted by molar-refractivity contribution is -0.171. The van der Waals surface area contributed by atoms with Crippen molar-refractivity contribution < 1.29 is 23.8 Å². The van der Waals surface area contributed by atoms with E-state index in [1.807, 2.05) is 0 Å². The van der Waals surface area contributed by atoms with Gasteiger partial charge in [0, 0.05) is 11.8 Å². The number of rotatable bonds is 3. The third-order valence-corrected chi connectivity index (χ3v) is 5.03. The van der Waals surface area contributed by atoms with Gasteiger partial charge in [-0.3, -0.25) is 4.79 Å². The predicted molar refractivity (Wildman–Crippen MR) is 74.3 cm³/mol. The van der Waals surface area contributed by atoms with Gasteiger partial charge >= 0.3 is 11.9 Å². The summed E-state index contributed by atoms with van der Waals surface area (Å²) in [7, 11) is 0. The van der Waals surface area contributed by atoms with Crippen molar-refractivity contribution in [2.24, 2.45) is 22.7 Å². The molecule has 1 saturated heterocycles. The highest BCUT2D eigenvalue weighted by molar-refractivity contribution is 5.79. The van der Waals surface area contributed by atoms with E-state index in [2.05, 4.69) is 6.07 Å². The zero-order valence-electron chi connectivity index (χ0n) is 13.1. The first-order chi connectivity index (χ1) is 10.3. The number of hydrogen-bond acceptors (Lipinski definition) is 6. The third kappa shape index (κ3) is 2.28. The van der Waals surface area contributed by atoms with Crippen molar-refractivity contribution >= 4 is 11.9 Å². The maximum atomic E-state index is 11.9. The topological polar surface area (TPSA) is 85.6 Å². The molecule has 0 radical (unpaired) electrons. The maximum absolute atomic E-state index is 11.9. The molecule has 2 bridgehead atoms. The Morgan fingerprint density at radius 3 is 2.77 bits per heavy atom. The summed E-state index contributed by atoms with van der Waals surface area (Å²) in [5.74, 6) is -0.636. The summed E-state index contributed by atoms with van der Waals surface area (Å²) in [5.41, 5.74) is -1.02. The van der Waals surface area contributed by atoms with E-state index in [-0.39, 0.29) is 36.1 Å². The largest absolute Gasteiger partial charge is 0.457 e. The first-order valence-corrected chi connectivity index (χ1v) is 7.66.